The molecule has 1 aliphatic rings. The van der Waals surface area contributed by atoms with Crippen LogP contribution in [0.25, 0.3) is 10.9 Å². The van der Waals surface area contributed by atoms with E-state index in [0.717, 1.165) is 27.6 Å². The van der Waals surface area contributed by atoms with Gasteiger partial charge in [-0.2, -0.15) is 0 Å². The highest BCUT2D eigenvalue weighted by atomic mass is 19.1. The Balaban J connectivity index is 1.30. The van der Waals surface area contributed by atoms with Gasteiger partial charge in [-0.1, -0.05) is 48.5 Å². The molecule has 5 rings (SSSR count). The van der Waals surface area contributed by atoms with Crippen LogP contribution in [0.3, 0.4) is 0 Å². The predicted octanol–water partition coefficient (Wildman–Crippen LogP) is 4.41. The highest BCUT2D eigenvalue weighted by Crippen LogP contribution is 2.33. The third-order valence-electron chi connectivity index (χ3n) is 6.23. The van der Waals surface area contributed by atoms with Crippen molar-refractivity contribution in [1.29, 1.82) is 0 Å². The molecule has 166 valence electrons. The van der Waals surface area contributed by atoms with Gasteiger partial charge in [0.2, 0.25) is 5.91 Å². The molecular formula is C27H24FN3O2. The lowest BCUT2D eigenvalue weighted by molar-refractivity contribution is -0.125. The summed E-state index contributed by atoms with van der Waals surface area (Å²) >= 11 is 0. The number of aromatic nitrogens is 1. The minimum absolute atomic E-state index is 0.149. The number of carbonyl (C=O) groups is 2. The maximum atomic E-state index is 13.2. The van der Waals surface area contributed by atoms with Gasteiger partial charge in [0.05, 0.1) is 0 Å². The number of carbonyl (C=O) groups excluding carboxylic acids is 2. The lowest BCUT2D eigenvalue weighted by Crippen LogP contribution is -2.40. The smallest absolute Gasteiger partial charge is 0.255 e. The van der Waals surface area contributed by atoms with Gasteiger partial charge in [0, 0.05) is 35.8 Å². The van der Waals surface area contributed by atoms with E-state index in [2.05, 4.69) is 16.4 Å². The van der Waals surface area contributed by atoms with Crippen LogP contribution < -0.4 is 5.32 Å². The minimum atomic E-state index is -0.669. The van der Waals surface area contributed by atoms with Gasteiger partial charge >= 0.3 is 0 Å². The van der Waals surface area contributed by atoms with Crippen molar-refractivity contribution in [2.75, 3.05) is 13.1 Å². The van der Waals surface area contributed by atoms with Crippen LogP contribution in [0.1, 0.15) is 33.1 Å². The number of hydrogen-bond acceptors (Lipinski definition) is 2. The number of nitrogens with one attached hydrogen (secondary N) is 2. The summed E-state index contributed by atoms with van der Waals surface area (Å²) in [7, 11) is 0. The Morgan fingerprint density at radius 1 is 0.970 bits per heavy atom. The van der Waals surface area contributed by atoms with E-state index in [1.54, 1.807) is 23.1 Å². The Bertz CT molecular complexity index is 1310. The van der Waals surface area contributed by atoms with E-state index in [1.165, 1.54) is 12.1 Å². The summed E-state index contributed by atoms with van der Waals surface area (Å²) < 4.78 is 13.2. The third-order valence-corrected chi connectivity index (χ3v) is 6.23. The minimum Gasteiger partial charge on any atom is -0.361 e. The largest absolute Gasteiger partial charge is 0.361 e. The molecule has 0 saturated heterocycles. The summed E-state index contributed by atoms with van der Waals surface area (Å²) in [6.07, 6.45) is 3.20. The molecule has 33 heavy (non-hydrogen) atoms. The van der Waals surface area contributed by atoms with Crippen molar-refractivity contribution >= 4 is 22.7 Å². The molecule has 6 heteroatoms. The number of para-hydroxylation sites is 1. The molecule has 2 heterocycles. The molecule has 2 N–H and O–H groups in total. The number of fused-ring (bicyclic) bond motifs is 2. The Morgan fingerprint density at radius 3 is 2.58 bits per heavy atom. The van der Waals surface area contributed by atoms with Crippen LogP contribution in [0.4, 0.5) is 4.39 Å². The fourth-order valence-corrected chi connectivity index (χ4v) is 4.54. The van der Waals surface area contributed by atoms with Crippen molar-refractivity contribution in [3.8, 4) is 0 Å². The Labute approximate surface area is 191 Å². The van der Waals surface area contributed by atoms with Crippen molar-refractivity contribution in [3.63, 3.8) is 0 Å². The first-order chi connectivity index (χ1) is 16.1. The van der Waals surface area contributed by atoms with E-state index in [1.807, 2.05) is 42.6 Å². The number of aromatic amines is 1. The molecule has 2 amide bonds. The fourth-order valence-electron chi connectivity index (χ4n) is 4.54. The van der Waals surface area contributed by atoms with Gasteiger partial charge in [-0.15, -0.1) is 0 Å². The number of nitrogens with zero attached hydrogens (tertiary/aromatic N) is 1. The van der Waals surface area contributed by atoms with Gasteiger partial charge in [0.15, 0.2) is 0 Å². The summed E-state index contributed by atoms with van der Waals surface area (Å²) in [5.74, 6) is -0.632. The van der Waals surface area contributed by atoms with Crippen LogP contribution >= 0.6 is 0 Å². The maximum absolute atomic E-state index is 13.2. The molecule has 3 aromatic carbocycles. The first-order valence-electron chi connectivity index (χ1n) is 11.1. The van der Waals surface area contributed by atoms with Crippen molar-refractivity contribution in [2.24, 2.45) is 0 Å². The Morgan fingerprint density at radius 2 is 1.73 bits per heavy atom. The average Bonchev–Trinajstić information content (AvgIpc) is 3.37. The van der Waals surface area contributed by atoms with Crippen molar-refractivity contribution in [3.05, 3.63) is 107 Å². The number of halogens is 1. The number of H-pyrrole nitrogens is 1. The highest BCUT2D eigenvalue weighted by Gasteiger charge is 2.40. The number of amides is 2. The molecule has 5 nitrogen and oxygen atoms in total. The molecule has 0 spiro atoms. The second-order valence-corrected chi connectivity index (χ2v) is 8.27. The third kappa shape index (κ3) is 4.12. The summed E-state index contributed by atoms with van der Waals surface area (Å²) in [5, 5.41) is 4.18. The zero-order chi connectivity index (χ0) is 22.8. The Hall–Kier alpha value is -3.93. The lowest BCUT2D eigenvalue weighted by atomic mass is 10.0. The fraction of sp³-hybridized carbons (Fsp3) is 0.185. The molecule has 0 bridgehead atoms. The van der Waals surface area contributed by atoms with Gasteiger partial charge in [0.25, 0.3) is 5.91 Å². The average molecular weight is 442 g/mol. The molecule has 0 fully saturated rings. The second kappa shape index (κ2) is 8.90. The monoisotopic (exact) mass is 441 g/mol. The number of rotatable bonds is 7. The van der Waals surface area contributed by atoms with E-state index in [9.17, 15) is 14.0 Å². The quantitative estimate of drug-likeness (QED) is 0.446. The van der Waals surface area contributed by atoms with E-state index in [0.29, 0.717) is 31.5 Å². The van der Waals surface area contributed by atoms with E-state index >= 15 is 0 Å². The summed E-state index contributed by atoms with van der Waals surface area (Å²) in [5.41, 5.74) is 4.42. The normalized spacial score (nSPS) is 15.1. The van der Waals surface area contributed by atoms with E-state index < -0.39 is 6.04 Å². The molecule has 0 radical (unpaired) electrons. The molecular weight excluding hydrogens is 417 g/mol. The molecule has 0 aliphatic carbocycles. The van der Waals surface area contributed by atoms with Crippen LogP contribution in [0, 0.1) is 5.82 Å². The molecule has 4 aromatic rings. The van der Waals surface area contributed by atoms with Gasteiger partial charge in [0.1, 0.15) is 11.9 Å². The van der Waals surface area contributed by atoms with Gasteiger partial charge in [-0.25, -0.2) is 4.39 Å². The van der Waals surface area contributed by atoms with Gasteiger partial charge in [-0.3, -0.25) is 9.59 Å². The first-order valence-corrected chi connectivity index (χ1v) is 11.1. The van der Waals surface area contributed by atoms with Gasteiger partial charge < -0.3 is 15.2 Å². The summed E-state index contributed by atoms with van der Waals surface area (Å²) in [4.78, 5) is 31.2. The van der Waals surface area contributed by atoms with Gasteiger partial charge in [-0.05, 0) is 53.8 Å². The summed E-state index contributed by atoms with van der Waals surface area (Å²) in [6.45, 7) is 0.846. The van der Waals surface area contributed by atoms with Crippen molar-refractivity contribution in [1.82, 2.24) is 15.2 Å². The topological polar surface area (TPSA) is 65.2 Å². The Kier molecular flexibility index (Phi) is 5.65. The molecule has 1 unspecified atom stereocenters. The summed E-state index contributed by atoms with van der Waals surface area (Å²) in [6, 6.07) is 20.9. The van der Waals surface area contributed by atoms with Crippen LogP contribution in [0.15, 0.2) is 79.0 Å². The molecule has 1 atom stereocenters. The zero-order valence-corrected chi connectivity index (χ0v) is 18.1. The van der Waals surface area contributed by atoms with Crippen LogP contribution in [0.5, 0.6) is 0 Å². The SMILES string of the molecule is O=C(NCCc1c[nH]c2ccccc12)C1c2ccccc2C(=O)N1CCc1ccc(F)cc1. The number of hydrogen-bond donors (Lipinski definition) is 2. The molecule has 0 saturated carbocycles. The maximum Gasteiger partial charge on any atom is 0.255 e. The zero-order valence-electron chi connectivity index (χ0n) is 18.1. The highest BCUT2D eigenvalue weighted by molar-refractivity contribution is 6.04. The van der Waals surface area contributed by atoms with Crippen LogP contribution in [0.2, 0.25) is 0 Å². The molecule has 1 aromatic heterocycles. The number of benzene rings is 3. The van der Waals surface area contributed by atoms with Crippen LogP contribution in [-0.2, 0) is 17.6 Å². The van der Waals surface area contributed by atoms with Crippen molar-refractivity contribution in [2.45, 2.75) is 18.9 Å². The van der Waals surface area contributed by atoms with E-state index in [4.69, 9.17) is 0 Å². The molecule has 1 aliphatic heterocycles. The van der Waals surface area contributed by atoms with Crippen molar-refractivity contribution < 1.29 is 14.0 Å². The standard InChI is InChI=1S/C27H24FN3O2/c28-20-11-9-18(10-12-20)14-16-31-25(22-6-1-2-7-23(22)27(31)33)26(32)29-15-13-19-17-30-24-8-4-3-5-21(19)24/h1-12,17,25,30H,13-16H2,(H,29,32). The van der Waals surface area contributed by atoms with Crippen LogP contribution in [-0.4, -0.2) is 34.8 Å². The lowest BCUT2D eigenvalue weighted by Gasteiger charge is -2.24. The predicted molar refractivity (Wildman–Crippen MR) is 125 cm³/mol. The first kappa shape index (κ1) is 20.9. The second-order valence-electron chi connectivity index (χ2n) is 8.27. The van der Waals surface area contributed by atoms with E-state index in [-0.39, 0.29) is 17.6 Å².